The summed E-state index contributed by atoms with van der Waals surface area (Å²) < 4.78 is 4.89. The van der Waals surface area contributed by atoms with Gasteiger partial charge in [-0.25, -0.2) is 9.86 Å². The first-order valence-corrected chi connectivity index (χ1v) is 8.46. The van der Waals surface area contributed by atoms with E-state index in [0.29, 0.717) is 11.3 Å². The molecule has 2 aromatic rings. The monoisotopic (exact) mass is 368 g/mol. The summed E-state index contributed by atoms with van der Waals surface area (Å²) in [6.45, 7) is 3.69. The molecule has 1 fully saturated rings. The van der Waals surface area contributed by atoms with Gasteiger partial charge in [0, 0.05) is 4.92 Å². The van der Waals surface area contributed by atoms with Crippen molar-refractivity contribution in [1.82, 2.24) is 0 Å². The second-order valence-corrected chi connectivity index (χ2v) is 6.23. The van der Waals surface area contributed by atoms with Crippen LogP contribution in [-0.2, 0) is 14.4 Å². The van der Waals surface area contributed by atoms with Crippen molar-refractivity contribution < 1.29 is 19.3 Å². The third kappa shape index (κ3) is 3.17. The van der Waals surface area contributed by atoms with Gasteiger partial charge in [0.25, 0.3) is 0 Å². The van der Waals surface area contributed by atoms with Crippen molar-refractivity contribution in [3.63, 3.8) is 0 Å². The Morgan fingerprint density at radius 1 is 1.26 bits per heavy atom. The zero-order valence-electron chi connectivity index (χ0n) is 14.9. The van der Waals surface area contributed by atoms with Crippen LogP contribution in [0.15, 0.2) is 73.3 Å². The van der Waals surface area contributed by atoms with Crippen LogP contribution in [0.25, 0.3) is 0 Å². The Kier molecular flexibility index (Phi) is 5.23. The van der Waals surface area contributed by atoms with E-state index in [9.17, 15) is 14.9 Å². The average molecular weight is 368 g/mol. The number of benzene rings is 2. The van der Waals surface area contributed by atoms with Crippen LogP contribution < -0.4 is 5.06 Å². The number of methoxy groups -OCH3 is 1. The van der Waals surface area contributed by atoms with E-state index in [1.54, 1.807) is 54.6 Å². The largest absolute Gasteiger partial charge is 0.464 e. The number of carbonyl (C=O) groups is 1. The Labute approximate surface area is 156 Å². The second-order valence-electron chi connectivity index (χ2n) is 6.23. The minimum atomic E-state index is -2.05. The zero-order valence-corrected chi connectivity index (χ0v) is 14.9. The molecule has 1 aliphatic rings. The molecule has 0 aliphatic carbocycles. The Morgan fingerprint density at radius 2 is 1.85 bits per heavy atom. The fourth-order valence-corrected chi connectivity index (χ4v) is 3.43. The minimum Gasteiger partial charge on any atom is -0.464 e. The van der Waals surface area contributed by atoms with Crippen molar-refractivity contribution in [3.8, 4) is 0 Å². The number of hydroxylamine groups is 1. The first-order chi connectivity index (χ1) is 13.0. The smallest absolute Gasteiger partial charge is 0.387 e. The lowest BCUT2D eigenvalue weighted by molar-refractivity contribution is -0.568. The average Bonchev–Trinajstić information content (AvgIpc) is 2.73. The number of esters is 1. The summed E-state index contributed by atoms with van der Waals surface area (Å²) in [6, 6.07) is 16.7. The fraction of sp³-hybridized carbons (Fsp3) is 0.250. The lowest BCUT2D eigenvalue weighted by Gasteiger charge is -2.45. The van der Waals surface area contributed by atoms with Gasteiger partial charge in [0.05, 0.1) is 19.2 Å². The van der Waals surface area contributed by atoms with Gasteiger partial charge in [-0.1, -0.05) is 54.6 Å². The summed E-state index contributed by atoms with van der Waals surface area (Å²) in [5.41, 5.74) is -0.887. The molecule has 0 radical (unpaired) electrons. The molecular weight excluding hydrogens is 348 g/mol. The van der Waals surface area contributed by atoms with Crippen molar-refractivity contribution >= 4 is 11.7 Å². The van der Waals surface area contributed by atoms with Gasteiger partial charge in [-0.15, -0.1) is 6.58 Å². The molecule has 7 nitrogen and oxygen atoms in total. The highest BCUT2D eigenvalue weighted by Gasteiger charge is 2.65. The van der Waals surface area contributed by atoms with Gasteiger partial charge in [-0.05, 0) is 17.7 Å². The van der Waals surface area contributed by atoms with Gasteiger partial charge < -0.3 is 4.74 Å². The summed E-state index contributed by atoms with van der Waals surface area (Å²) in [6.07, 6.45) is 0.548. The van der Waals surface area contributed by atoms with Crippen LogP contribution in [0.5, 0.6) is 0 Å². The first-order valence-electron chi connectivity index (χ1n) is 8.46. The third-order valence-electron chi connectivity index (χ3n) is 4.70. The highest BCUT2D eigenvalue weighted by Crippen LogP contribution is 2.45. The molecule has 0 bridgehead atoms. The highest BCUT2D eigenvalue weighted by atomic mass is 16.7. The normalized spacial score (nSPS) is 24.9. The molecule has 0 saturated carbocycles. The maximum absolute atomic E-state index is 12.8. The predicted molar refractivity (Wildman–Crippen MR) is 99.5 cm³/mol. The number of hydrogen-bond acceptors (Lipinski definition) is 6. The molecule has 27 heavy (non-hydrogen) atoms. The lowest BCUT2D eigenvalue weighted by atomic mass is 9.79. The summed E-state index contributed by atoms with van der Waals surface area (Å²) in [4.78, 5) is 30.5. The van der Waals surface area contributed by atoms with Crippen LogP contribution in [-0.4, -0.2) is 29.6 Å². The molecule has 0 amide bonds. The Balaban J connectivity index is 2.26. The molecule has 3 rings (SSSR count). The van der Waals surface area contributed by atoms with Gasteiger partial charge in [0.2, 0.25) is 0 Å². The standard InChI is InChI=1S/C20H20N2O5/c1-3-17-14-20(22(24)25,19(23)26-2)18(15-10-6-4-7-11-15)21(27-17)16-12-8-5-9-13-16/h3-13,17-18H,1,14H2,2H3/t17-,18+,20?/m0/s1. The maximum Gasteiger partial charge on any atom is 0.387 e. The molecule has 1 aliphatic heterocycles. The van der Waals surface area contributed by atoms with E-state index >= 15 is 0 Å². The molecule has 0 N–H and O–H groups in total. The molecule has 1 saturated heterocycles. The number of carbonyl (C=O) groups excluding carboxylic acids is 1. The number of hydrogen-bond donors (Lipinski definition) is 0. The summed E-state index contributed by atoms with van der Waals surface area (Å²) in [5.74, 6) is -0.919. The molecule has 0 aromatic heterocycles. The van der Waals surface area contributed by atoms with Crippen molar-refractivity contribution in [2.75, 3.05) is 12.2 Å². The number of ether oxygens (including phenoxy) is 1. The Hall–Kier alpha value is -3.19. The number of rotatable bonds is 5. The van der Waals surface area contributed by atoms with Crippen LogP contribution in [0.4, 0.5) is 5.69 Å². The van der Waals surface area contributed by atoms with Crippen molar-refractivity contribution in [1.29, 1.82) is 0 Å². The molecule has 2 aromatic carbocycles. The number of para-hydroxylation sites is 1. The van der Waals surface area contributed by atoms with E-state index in [4.69, 9.17) is 9.57 Å². The van der Waals surface area contributed by atoms with Crippen LogP contribution in [0.2, 0.25) is 0 Å². The van der Waals surface area contributed by atoms with Gasteiger partial charge in [0.15, 0.2) is 6.04 Å². The minimum absolute atomic E-state index is 0.181. The number of nitro groups is 1. The van der Waals surface area contributed by atoms with E-state index in [-0.39, 0.29) is 6.42 Å². The van der Waals surface area contributed by atoms with Gasteiger partial charge in [-0.2, -0.15) is 0 Å². The molecule has 7 heteroatoms. The SMILES string of the molecule is C=C[C@H]1CC(C(=O)OC)([N+](=O)[O-])[C@@H](c2ccccc2)N(c2ccccc2)O1. The zero-order chi connectivity index (χ0) is 19.4. The topological polar surface area (TPSA) is 81.9 Å². The third-order valence-corrected chi connectivity index (χ3v) is 4.70. The van der Waals surface area contributed by atoms with Crippen LogP contribution in [0, 0.1) is 10.1 Å². The maximum atomic E-state index is 12.8. The number of nitrogens with zero attached hydrogens (tertiary/aromatic N) is 2. The molecule has 1 unspecified atom stereocenters. The molecular formula is C20H20N2O5. The summed E-state index contributed by atoms with van der Waals surface area (Å²) in [7, 11) is 1.15. The molecule has 1 heterocycles. The van der Waals surface area contributed by atoms with Crippen molar-refractivity contribution in [2.45, 2.75) is 24.1 Å². The molecule has 140 valence electrons. The van der Waals surface area contributed by atoms with Gasteiger partial charge in [-0.3, -0.25) is 15.0 Å². The van der Waals surface area contributed by atoms with Gasteiger partial charge in [0.1, 0.15) is 6.10 Å². The lowest BCUT2D eigenvalue weighted by Crippen LogP contribution is -2.63. The second kappa shape index (κ2) is 7.59. The van der Waals surface area contributed by atoms with E-state index in [2.05, 4.69) is 6.58 Å². The predicted octanol–water partition coefficient (Wildman–Crippen LogP) is 3.31. The Bertz CT molecular complexity index is 827. The van der Waals surface area contributed by atoms with Crippen molar-refractivity contribution in [2.24, 2.45) is 0 Å². The Morgan fingerprint density at radius 3 is 2.37 bits per heavy atom. The van der Waals surface area contributed by atoms with E-state index < -0.39 is 28.6 Å². The fourth-order valence-electron chi connectivity index (χ4n) is 3.43. The quantitative estimate of drug-likeness (QED) is 0.349. The molecule has 3 atom stereocenters. The molecule has 0 spiro atoms. The highest BCUT2D eigenvalue weighted by molar-refractivity contribution is 5.82. The summed E-state index contributed by atoms with van der Waals surface area (Å²) >= 11 is 0. The van der Waals surface area contributed by atoms with Crippen LogP contribution in [0.3, 0.4) is 0 Å². The van der Waals surface area contributed by atoms with E-state index in [1.807, 2.05) is 6.07 Å². The van der Waals surface area contributed by atoms with Crippen LogP contribution in [0.1, 0.15) is 18.0 Å². The summed E-state index contributed by atoms with van der Waals surface area (Å²) in [5, 5.41) is 13.7. The van der Waals surface area contributed by atoms with E-state index in [1.165, 1.54) is 11.1 Å². The van der Waals surface area contributed by atoms with E-state index in [0.717, 1.165) is 7.11 Å². The first kappa shape index (κ1) is 18.6. The number of anilines is 1. The van der Waals surface area contributed by atoms with Crippen molar-refractivity contribution in [3.05, 3.63) is 89.0 Å². The van der Waals surface area contributed by atoms with Gasteiger partial charge >= 0.3 is 11.5 Å². The van der Waals surface area contributed by atoms with Crippen LogP contribution >= 0.6 is 0 Å².